The molecule has 1 aromatic rings. The Bertz CT molecular complexity index is 594. The van der Waals surface area contributed by atoms with Gasteiger partial charge in [0, 0.05) is 10.7 Å². The summed E-state index contributed by atoms with van der Waals surface area (Å²) >= 11 is 0. The van der Waals surface area contributed by atoms with E-state index in [0.717, 1.165) is 0 Å². The quantitative estimate of drug-likeness (QED) is 0.836. The van der Waals surface area contributed by atoms with E-state index in [4.69, 9.17) is 15.8 Å². The molecule has 0 heterocycles. The van der Waals surface area contributed by atoms with Crippen molar-refractivity contribution in [3.63, 3.8) is 0 Å². The van der Waals surface area contributed by atoms with Gasteiger partial charge < -0.3 is 0 Å². The van der Waals surface area contributed by atoms with Crippen molar-refractivity contribution in [2.24, 2.45) is 5.14 Å². The van der Waals surface area contributed by atoms with E-state index < -0.39 is 24.3 Å². The van der Waals surface area contributed by atoms with E-state index in [-0.39, 0.29) is 10.5 Å². The van der Waals surface area contributed by atoms with Crippen molar-refractivity contribution >= 4 is 29.8 Å². The molecule has 90 valence electrons. The van der Waals surface area contributed by atoms with Gasteiger partial charge in [0.1, 0.15) is 0 Å². The monoisotopic (exact) mass is 283 g/mol. The largest absolute Gasteiger partial charge is 0.239 e. The summed E-state index contributed by atoms with van der Waals surface area (Å²) in [5.74, 6) is 0. The van der Waals surface area contributed by atoms with Gasteiger partial charge >= 0.3 is 0 Å². The van der Waals surface area contributed by atoms with Crippen LogP contribution in [-0.4, -0.2) is 16.8 Å². The van der Waals surface area contributed by atoms with Gasteiger partial charge in [0.05, 0.1) is 10.1 Å². The van der Waals surface area contributed by atoms with Gasteiger partial charge in [-0.15, -0.1) is 0 Å². The molecule has 1 atom stereocenters. The molecule has 1 aromatic carbocycles. The van der Waals surface area contributed by atoms with Crippen molar-refractivity contribution in [3.05, 3.63) is 29.8 Å². The fraction of sp³-hybridized carbons (Fsp3) is 0.250. The first-order valence-electron chi connectivity index (χ1n) is 4.18. The fourth-order valence-corrected chi connectivity index (χ4v) is 2.46. The molecule has 2 N–H and O–H groups in total. The predicted molar refractivity (Wildman–Crippen MR) is 61.0 cm³/mol. The second kappa shape index (κ2) is 4.33. The van der Waals surface area contributed by atoms with Crippen molar-refractivity contribution in [1.82, 2.24) is 0 Å². The minimum atomic E-state index is -3.84. The molecule has 0 fully saturated rings. The topological polar surface area (TPSA) is 94.3 Å². The summed E-state index contributed by atoms with van der Waals surface area (Å²) in [5, 5.41) is 3.93. The molecular weight excluding hydrogens is 274 g/mol. The number of hydrogen-bond donors (Lipinski definition) is 1. The maximum Gasteiger partial charge on any atom is 0.239 e. The minimum Gasteiger partial charge on any atom is -0.225 e. The molecule has 0 bridgehead atoms. The maximum absolute atomic E-state index is 11.1. The highest BCUT2D eigenvalue weighted by Crippen LogP contribution is 2.26. The highest BCUT2D eigenvalue weighted by molar-refractivity contribution is 8.13. The van der Waals surface area contributed by atoms with Crippen molar-refractivity contribution in [2.75, 3.05) is 0 Å². The summed E-state index contributed by atoms with van der Waals surface area (Å²) in [6.45, 7) is 1.37. The third-order valence-electron chi connectivity index (χ3n) is 2.08. The Morgan fingerprint density at radius 1 is 1.25 bits per heavy atom. The predicted octanol–water partition coefficient (Wildman–Crippen LogP) is 0.964. The molecule has 5 nitrogen and oxygen atoms in total. The van der Waals surface area contributed by atoms with Gasteiger partial charge in [-0.05, 0) is 24.6 Å². The summed E-state index contributed by atoms with van der Waals surface area (Å²) in [6.07, 6.45) is 0. The number of sulfonamides is 1. The van der Waals surface area contributed by atoms with Crippen LogP contribution in [0.1, 0.15) is 17.7 Å². The molecular formula is C8H10ClNO4S2. The van der Waals surface area contributed by atoms with Crippen LogP contribution in [0.4, 0.5) is 0 Å². The van der Waals surface area contributed by atoms with Crippen molar-refractivity contribution in [3.8, 4) is 0 Å². The van der Waals surface area contributed by atoms with Gasteiger partial charge in [-0.2, -0.15) is 0 Å². The van der Waals surface area contributed by atoms with Gasteiger partial charge in [0.2, 0.25) is 19.1 Å². The number of benzene rings is 1. The maximum atomic E-state index is 11.1. The zero-order valence-electron chi connectivity index (χ0n) is 8.29. The van der Waals surface area contributed by atoms with Crippen molar-refractivity contribution in [2.45, 2.75) is 17.1 Å². The molecule has 0 aliphatic rings. The molecule has 0 aliphatic carbocycles. The first-order chi connectivity index (χ1) is 7.12. The van der Waals surface area contributed by atoms with E-state index in [9.17, 15) is 16.8 Å². The van der Waals surface area contributed by atoms with Crippen LogP contribution >= 0.6 is 10.7 Å². The average Bonchev–Trinajstić information content (AvgIpc) is 2.14. The Balaban J connectivity index is 3.30. The lowest BCUT2D eigenvalue weighted by atomic mass is 10.2. The van der Waals surface area contributed by atoms with Gasteiger partial charge in [0.15, 0.2) is 0 Å². The summed E-state index contributed by atoms with van der Waals surface area (Å²) in [6, 6.07) is 5.36. The van der Waals surface area contributed by atoms with Gasteiger partial charge in [-0.1, -0.05) is 12.1 Å². The van der Waals surface area contributed by atoms with Crippen LogP contribution in [0.5, 0.6) is 0 Å². The zero-order chi connectivity index (χ0) is 12.6. The number of primary sulfonamides is 1. The lowest BCUT2D eigenvalue weighted by Crippen LogP contribution is -2.13. The molecule has 0 radical (unpaired) electrons. The lowest BCUT2D eigenvalue weighted by Gasteiger charge is -2.08. The van der Waals surface area contributed by atoms with Crippen LogP contribution in [-0.2, 0) is 19.1 Å². The second-order valence-corrected chi connectivity index (χ2v) is 7.75. The van der Waals surface area contributed by atoms with Crippen LogP contribution in [0.25, 0.3) is 0 Å². The highest BCUT2D eigenvalue weighted by Gasteiger charge is 2.21. The zero-order valence-corrected chi connectivity index (χ0v) is 10.7. The van der Waals surface area contributed by atoms with Crippen LogP contribution < -0.4 is 5.14 Å². The van der Waals surface area contributed by atoms with Crippen molar-refractivity contribution in [1.29, 1.82) is 0 Å². The van der Waals surface area contributed by atoms with E-state index in [2.05, 4.69) is 0 Å². The Labute approximate surface area is 98.7 Å². The van der Waals surface area contributed by atoms with E-state index in [1.54, 1.807) is 0 Å². The molecule has 8 heteroatoms. The summed E-state index contributed by atoms with van der Waals surface area (Å²) in [5.41, 5.74) is 0.279. The molecule has 0 aromatic heterocycles. The summed E-state index contributed by atoms with van der Waals surface area (Å²) < 4.78 is 44.3. The molecule has 1 rings (SSSR count). The molecule has 1 unspecified atom stereocenters. The number of nitrogens with two attached hydrogens (primary N) is 1. The smallest absolute Gasteiger partial charge is 0.225 e. The van der Waals surface area contributed by atoms with Crippen molar-refractivity contribution < 1.29 is 16.8 Å². The molecule has 0 aliphatic heterocycles. The highest BCUT2D eigenvalue weighted by atomic mass is 35.7. The molecule has 0 saturated heterocycles. The van der Waals surface area contributed by atoms with Gasteiger partial charge in [-0.25, -0.2) is 22.0 Å². The van der Waals surface area contributed by atoms with Crippen LogP contribution in [0.2, 0.25) is 0 Å². The van der Waals surface area contributed by atoms with E-state index in [0.29, 0.717) is 0 Å². The van der Waals surface area contributed by atoms with Gasteiger partial charge in [-0.3, -0.25) is 0 Å². The normalized spacial score (nSPS) is 14.7. The van der Waals surface area contributed by atoms with Crippen LogP contribution in [0, 0.1) is 0 Å². The molecule has 0 saturated carbocycles. The Morgan fingerprint density at radius 2 is 1.81 bits per heavy atom. The first kappa shape index (κ1) is 13.4. The SMILES string of the molecule is CC(c1cccc(S(N)(=O)=O)c1)S(=O)(=O)Cl. The average molecular weight is 284 g/mol. The minimum absolute atomic E-state index is 0.142. The lowest BCUT2D eigenvalue weighted by molar-refractivity contribution is 0.595. The van der Waals surface area contributed by atoms with Gasteiger partial charge in [0.25, 0.3) is 0 Å². The summed E-state index contributed by atoms with van der Waals surface area (Å²) in [4.78, 5) is -0.142. The molecule has 0 spiro atoms. The molecule has 0 amide bonds. The van der Waals surface area contributed by atoms with E-state index in [1.165, 1.54) is 31.2 Å². The van der Waals surface area contributed by atoms with E-state index >= 15 is 0 Å². The van der Waals surface area contributed by atoms with Crippen LogP contribution in [0.3, 0.4) is 0 Å². The number of hydrogen-bond acceptors (Lipinski definition) is 4. The third-order valence-corrected chi connectivity index (χ3v) is 4.91. The van der Waals surface area contributed by atoms with E-state index in [1.807, 2.05) is 0 Å². The fourth-order valence-electron chi connectivity index (χ4n) is 1.11. The Kier molecular flexibility index (Phi) is 3.63. The Morgan fingerprint density at radius 3 is 2.25 bits per heavy atom. The molecule has 16 heavy (non-hydrogen) atoms. The summed E-state index contributed by atoms with van der Waals surface area (Å²) in [7, 11) is -2.45. The Hall–Kier alpha value is -0.630. The van der Waals surface area contributed by atoms with Crippen LogP contribution in [0.15, 0.2) is 29.2 Å². The standard InChI is InChI=1S/C8H10ClNO4S2/c1-6(15(9,11)12)7-3-2-4-8(5-7)16(10,13)14/h2-6H,1H3,(H2,10,13,14). The number of rotatable bonds is 3. The third kappa shape index (κ3) is 3.18. The first-order valence-corrected chi connectivity index (χ1v) is 8.10. The number of halogens is 1. The second-order valence-electron chi connectivity index (χ2n) is 3.24.